The summed E-state index contributed by atoms with van der Waals surface area (Å²) in [5, 5.41) is 19.8. The fourth-order valence-corrected chi connectivity index (χ4v) is 4.28. The molecule has 0 aromatic rings. The summed E-state index contributed by atoms with van der Waals surface area (Å²) in [4.78, 5) is 34.7. The molecule has 0 aliphatic rings. The number of carboxylic acids is 2. The number of carbonyl (C=O) groups excluding carboxylic acids is 1. The maximum Gasteiger partial charge on any atom is 0.407 e. The van der Waals surface area contributed by atoms with Gasteiger partial charge in [-0.1, -0.05) is 0 Å². The van der Waals surface area contributed by atoms with Crippen LogP contribution in [0.3, 0.4) is 0 Å². The van der Waals surface area contributed by atoms with Gasteiger partial charge in [-0.3, -0.25) is 14.5 Å². The second kappa shape index (κ2) is 44.7. The quantitative estimate of drug-likeness (QED) is 0.0723. The minimum atomic E-state index is -0.891. The van der Waals surface area contributed by atoms with E-state index in [1.54, 1.807) is 20.8 Å². The number of aliphatic carboxylic acids is 2. The van der Waals surface area contributed by atoms with Crippen LogP contribution < -0.4 is 5.32 Å². The third-order valence-corrected chi connectivity index (χ3v) is 7.21. The number of hydrogen-bond acceptors (Lipinski definition) is 18. The van der Waals surface area contributed by atoms with Gasteiger partial charge in [0.1, 0.15) is 5.60 Å². The molecule has 356 valence electrons. The molecule has 21 nitrogen and oxygen atoms in total. The zero-order valence-corrected chi connectivity index (χ0v) is 36.4. The van der Waals surface area contributed by atoms with Crippen molar-refractivity contribution in [1.82, 2.24) is 10.2 Å². The number of ether oxygens (including phenoxy) is 14. The number of nitrogens with zero attached hydrogens (tertiary/aromatic N) is 1. The van der Waals surface area contributed by atoms with Crippen LogP contribution in [0.1, 0.15) is 33.6 Å². The molecule has 0 radical (unpaired) electrons. The van der Waals surface area contributed by atoms with Crippen LogP contribution in [0, 0.1) is 0 Å². The molecular weight excluding hydrogens is 800 g/mol. The molecule has 0 saturated carbocycles. The predicted octanol–water partition coefficient (Wildman–Crippen LogP) is 0.978. The summed E-state index contributed by atoms with van der Waals surface area (Å²) in [5.74, 6) is -1.78. The average Bonchev–Trinajstić information content (AvgIpc) is 3.19. The number of nitrogens with one attached hydrogen (secondary N) is 1. The molecule has 21 heteroatoms. The molecule has 0 bridgehead atoms. The Labute approximate surface area is 356 Å². The van der Waals surface area contributed by atoms with Gasteiger partial charge in [-0.05, 0) is 20.8 Å². The normalized spacial score (nSPS) is 11.7. The van der Waals surface area contributed by atoms with Crippen molar-refractivity contribution in [2.24, 2.45) is 0 Å². The molecule has 0 aliphatic carbocycles. The lowest BCUT2D eigenvalue weighted by Crippen LogP contribution is -2.34. The first-order chi connectivity index (χ1) is 29.1. The minimum absolute atomic E-state index is 0.0261. The van der Waals surface area contributed by atoms with Crippen molar-refractivity contribution >= 4 is 18.0 Å². The van der Waals surface area contributed by atoms with Crippen molar-refractivity contribution in [3.8, 4) is 0 Å². The molecule has 0 fully saturated rings. The standard InChI is InChI=1S/C39H76N2O19/c1-39(2,3)60-38(46)40-6-12-49-18-24-55-30-34-59-35-33-58-27-21-52-15-9-41(7-13-50-19-25-56-31-28-53-22-16-47-10-4-36(42)43)8-14-51-20-26-57-32-29-54-23-17-48-11-5-37(44)45/h4-35H2,1-3H3,(H,40,46)(H,42,43)(H,44,45). The van der Waals surface area contributed by atoms with Crippen LogP contribution in [0.25, 0.3) is 0 Å². The van der Waals surface area contributed by atoms with E-state index in [2.05, 4.69) is 10.2 Å². The zero-order chi connectivity index (χ0) is 44.0. The molecule has 0 heterocycles. The molecule has 0 aromatic carbocycles. The summed E-state index contributed by atoms with van der Waals surface area (Å²) in [5.41, 5.74) is -0.533. The van der Waals surface area contributed by atoms with Crippen LogP contribution in [0.2, 0.25) is 0 Å². The summed E-state index contributed by atoms with van der Waals surface area (Å²) in [6, 6.07) is 0. The Balaban J connectivity index is 3.97. The Morgan fingerprint density at radius 3 is 0.867 bits per heavy atom. The van der Waals surface area contributed by atoms with E-state index in [0.29, 0.717) is 185 Å². The van der Waals surface area contributed by atoms with Gasteiger partial charge < -0.3 is 81.8 Å². The third kappa shape index (κ3) is 50.0. The average molecular weight is 877 g/mol. The topological polar surface area (TPSA) is 236 Å². The Kier molecular flexibility index (Phi) is 42.9. The summed E-state index contributed by atoms with van der Waals surface area (Å²) in [6.45, 7) is 18.4. The lowest BCUT2D eigenvalue weighted by Gasteiger charge is -2.22. The van der Waals surface area contributed by atoms with Crippen molar-refractivity contribution in [2.75, 3.05) is 198 Å². The highest BCUT2D eigenvalue weighted by Gasteiger charge is 2.15. The van der Waals surface area contributed by atoms with Crippen molar-refractivity contribution < 1.29 is 90.9 Å². The first kappa shape index (κ1) is 57.6. The van der Waals surface area contributed by atoms with Gasteiger partial charge in [0.2, 0.25) is 0 Å². The Morgan fingerprint density at radius 1 is 0.383 bits per heavy atom. The number of rotatable bonds is 48. The van der Waals surface area contributed by atoms with Crippen LogP contribution in [0.5, 0.6) is 0 Å². The summed E-state index contributed by atoms with van der Waals surface area (Å²) >= 11 is 0. The highest BCUT2D eigenvalue weighted by molar-refractivity contribution is 5.67. The van der Waals surface area contributed by atoms with E-state index in [9.17, 15) is 14.4 Å². The first-order valence-electron chi connectivity index (χ1n) is 20.7. The fraction of sp³-hybridized carbons (Fsp3) is 0.923. The number of carboxylic acid groups (broad SMARTS) is 2. The molecule has 60 heavy (non-hydrogen) atoms. The van der Waals surface area contributed by atoms with E-state index < -0.39 is 23.6 Å². The van der Waals surface area contributed by atoms with Gasteiger partial charge in [0.15, 0.2) is 0 Å². The maximum atomic E-state index is 11.6. The second-order valence-electron chi connectivity index (χ2n) is 13.5. The Bertz CT molecular complexity index is 921. The summed E-state index contributed by atoms with van der Waals surface area (Å²) < 4.78 is 76.7. The highest BCUT2D eigenvalue weighted by atomic mass is 16.6. The maximum absolute atomic E-state index is 11.6. The van der Waals surface area contributed by atoms with Gasteiger partial charge in [-0.15, -0.1) is 0 Å². The second-order valence-corrected chi connectivity index (χ2v) is 13.5. The van der Waals surface area contributed by atoms with Crippen LogP contribution in [0.15, 0.2) is 0 Å². The van der Waals surface area contributed by atoms with E-state index in [1.807, 2.05) is 0 Å². The van der Waals surface area contributed by atoms with E-state index in [1.165, 1.54) is 0 Å². The Hall–Kier alpha value is -2.35. The molecule has 0 rings (SSSR count). The van der Waals surface area contributed by atoms with Crippen LogP contribution in [0.4, 0.5) is 4.79 Å². The fourth-order valence-electron chi connectivity index (χ4n) is 4.28. The van der Waals surface area contributed by atoms with E-state index in [-0.39, 0.29) is 26.1 Å². The number of carbonyl (C=O) groups is 3. The lowest BCUT2D eigenvalue weighted by atomic mass is 10.2. The lowest BCUT2D eigenvalue weighted by molar-refractivity contribution is -0.139. The number of hydrogen-bond donors (Lipinski definition) is 3. The summed E-state index contributed by atoms with van der Waals surface area (Å²) in [6.07, 6.45) is -0.521. The largest absolute Gasteiger partial charge is 0.481 e. The van der Waals surface area contributed by atoms with Crippen molar-refractivity contribution in [1.29, 1.82) is 0 Å². The smallest absolute Gasteiger partial charge is 0.407 e. The SMILES string of the molecule is CC(C)(C)OC(=O)NCCOCCOCCOCCOCCOCCN(CCOCCOCCOCCOCCC(=O)O)CCOCCOCCOCCOCCC(=O)O. The third-order valence-electron chi connectivity index (χ3n) is 7.21. The Morgan fingerprint density at radius 2 is 0.617 bits per heavy atom. The predicted molar refractivity (Wildman–Crippen MR) is 216 cm³/mol. The molecule has 0 atom stereocenters. The monoisotopic (exact) mass is 877 g/mol. The first-order valence-corrected chi connectivity index (χ1v) is 20.7. The highest BCUT2D eigenvalue weighted by Crippen LogP contribution is 2.06. The molecule has 0 saturated heterocycles. The van der Waals surface area contributed by atoms with Gasteiger partial charge in [-0.2, -0.15) is 0 Å². The van der Waals surface area contributed by atoms with E-state index in [4.69, 9.17) is 76.5 Å². The van der Waals surface area contributed by atoms with Crippen LogP contribution >= 0.6 is 0 Å². The van der Waals surface area contributed by atoms with Gasteiger partial charge in [0.05, 0.1) is 185 Å². The number of amides is 1. The molecule has 0 unspecified atom stereocenters. The molecular formula is C39H76N2O19. The molecule has 1 amide bonds. The molecule has 0 spiro atoms. The molecule has 3 N–H and O–H groups in total. The van der Waals surface area contributed by atoms with Gasteiger partial charge in [-0.25, -0.2) is 4.79 Å². The van der Waals surface area contributed by atoms with Gasteiger partial charge >= 0.3 is 18.0 Å². The van der Waals surface area contributed by atoms with Crippen LogP contribution in [-0.4, -0.2) is 237 Å². The van der Waals surface area contributed by atoms with Gasteiger partial charge in [0.25, 0.3) is 0 Å². The molecule has 0 aromatic heterocycles. The van der Waals surface area contributed by atoms with Crippen molar-refractivity contribution in [2.45, 2.75) is 39.2 Å². The van der Waals surface area contributed by atoms with Crippen LogP contribution in [-0.2, 0) is 75.9 Å². The number of alkyl carbamates (subject to hydrolysis) is 1. The van der Waals surface area contributed by atoms with Gasteiger partial charge in [0, 0.05) is 26.2 Å². The van der Waals surface area contributed by atoms with E-state index in [0.717, 1.165) is 0 Å². The molecule has 0 aliphatic heterocycles. The van der Waals surface area contributed by atoms with Crippen molar-refractivity contribution in [3.63, 3.8) is 0 Å². The summed E-state index contributed by atoms with van der Waals surface area (Å²) in [7, 11) is 0. The van der Waals surface area contributed by atoms with Crippen molar-refractivity contribution in [3.05, 3.63) is 0 Å². The zero-order valence-electron chi connectivity index (χ0n) is 36.4. The minimum Gasteiger partial charge on any atom is -0.481 e. The van der Waals surface area contributed by atoms with E-state index >= 15 is 0 Å².